The van der Waals surface area contributed by atoms with Gasteiger partial charge in [-0.3, -0.25) is 4.79 Å². The lowest BCUT2D eigenvalue weighted by molar-refractivity contribution is -0.115. The standard InChI is InChI=1S/C24H22N4O3S/c1-15-8-10-18(27-24(30)26-17-6-4-3-5-7-17)12-20(15)28-22(29)13-19-14-32-23(25-19)21-11-9-16(2)31-21/h3-12,14H,13H2,1-2H3,(H,28,29)(H2,26,27,30). The van der Waals surface area contributed by atoms with Crippen molar-refractivity contribution in [2.45, 2.75) is 20.3 Å². The Kier molecular flexibility index (Phi) is 6.32. The fourth-order valence-corrected chi connectivity index (χ4v) is 3.84. The average Bonchev–Trinajstić information content (AvgIpc) is 3.40. The van der Waals surface area contributed by atoms with Crippen LogP contribution in [0.1, 0.15) is 17.0 Å². The van der Waals surface area contributed by atoms with Crippen LogP contribution in [0, 0.1) is 13.8 Å². The maximum absolute atomic E-state index is 12.6. The number of anilines is 3. The number of carbonyl (C=O) groups excluding carboxylic acids is 2. The van der Waals surface area contributed by atoms with Gasteiger partial charge < -0.3 is 20.4 Å². The molecule has 2 aromatic carbocycles. The molecule has 3 amide bonds. The van der Waals surface area contributed by atoms with E-state index in [4.69, 9.17) is 4.42 Å². The van der Waals surface area contributed by atoms with Gasteiger partial charge in [-0.15, -0.1) is 11.3 Å². The Hall–Kier alpha value is -3.91. The molecule has 4 rings (SSSR count). The van der Waals surface area contributed by atoms with Crippen LogP contribution in [0.4, 0.5) is 21.9 Å². The van der Waals surface area contributed by atoms with Crippen molar-refractivity contribution in [2.24, 2.45) is 0 Å². The van der Waals surface area contributed by atoms with Crippen LogP contribution in [0.15, 0.2) is 70.5 Å². The predicted molar refractivity (Wildman–Crippen MR) is 127 cm³/mol. The monoisotopic (exact) mass is 446 g/mol. The number of hydrogen-bond donors (Lipinski definition) is 3. The molecule has 0 saturated carbocycles. The molecule has 2 heterocycles. The van der Waals surface area contributed by atoms with Gasteiger partial charge in [-0.1, -0.05) is 24.3 Å². The number of aryl methyl sites for hydroxylation is 2. The minimum absolute atomic E-state index is 0.141. The molecular weight excluding hydrogens is 424 g/mol. The normalized spacial score (nSPS) is 10.6. The molecule has 0 aliphatic rings. The Balaban J connectivity index is 1.38. The number of amides is 3. The lowest BCUT2D eigenvalue weighted by Gasteiger charge is -2.12. The first-order valence-electron chi connectivity index (χ1n) is 10.0. The molecule has 2 aromatic heterocycles. The van der Waals surface area contributed by atoms with E-state index >= 15 is 0 Å². The summed E-state index contributed by atoms with van der Waals surface area (Å²) in [6.07, 6.45) is 0.141. The lowest BCUT2D eigenvalue weighted by Crippen LogP contribution is -2.20. The number of benzene rings is 2. The summed E-state index contributed by atoms with van der Waals surface area (Å²) in [7, 11) is 0. The Labute approximate surface area is 189 Å². The van der Waals surface area contributed by atoms with Crippen molar-refractivity contribution in [3.63, 3.8) is 0 Å². The fraction of sp³-hybridized carbons (Fsp3) is 0.125. The molecule has 0 radical (unpaired) electrons. The van der Waals surface area contributed by atoms with E-state index in [2.05, 4.69) is 20.9 Å². The van der Waals surface area contributed by atoms with Crippen LogP contribution in [-0.4, -0.2) is 16.9 Å². The molecule has 32 heavy (non-hydrogen) atoms. The third kappa shape index (κ3) is 5.41. The number of carbonyl (C=O) groups is 2. The summed E-state index contributed by atoms with van der Waals surface area (Å²) in [6.45, 7) is 3.77. The third-order valence-corrected chi connectivity index (χ3v) is 5.55. The summed E-state index contributed by atoms with van der Waals surface area (Å²) in [4.78, 5) is 29.3. The number of urea groups is 1. The second kappa shape index (κ2) is 9.49. The van der Waals surface area contributed by atoms with Gasteiger partial charge in [0.05, 0.1) is 12.1 Å². The Bertz CT molecular complexity index is 1250. The summed E-state index contributed by atoms with van der Waals surface area (Å²) in [6, 6.07) is 17.9. The first kappa shape index (κ1) is 21.3. The van der Waals surface area contributed by atoms with Crippen molar-refractivity contribution in [3.8, 4) is 10.8 Å². The molecule has 0 aliphatic heterocycles. The molecule has 3 N–H and O–H groups in total. The molecule has 162 valence electrons. The van der Waals surface area contributed by atoms with E-state index in [-0.39, 0.29) is 18.4 Å². The highest BCUT2D eigenvalue weighted by molar-refractivity contribution is 7.13. The summed E-state index contributed by atoms with van der Waals surface area (Å²) < 4.78 is 5.59. The van der Waals surface area contributed by atoms with Gasteiger partial charge in [0.1, 0.15) is 5.76 Å². The van der Waals surface area contributed by atoms with Crippen LogP contribution in [0.25, 0.3) is 10.8 Å². The highest BCUT2D eigenvalue weighted by Gasteiger charge is 2.13. The van der Waals surface area contributed by atoms with Crippen molar-refractivity contribution in [1.82, 2.24) is 4.98 Å². The van der Waals surface area contributed by atoms with Crippen LogP contribution in [-0.2, 0) is 11.2 Å². The lowest BCUT2D eigenvalue weighted by atomic mass is 10.1. The Morgan fingerprint density at radius 3 is 2.47 bits per heavy atom. The Morgan fingerprint density at radius 1 is 0.938 bits per heavy atom. The summed E-state index contributed by atoms with van der Waals surface area (Å²) in [5, 5.41) is 11.0. The average molecular weight is 447 g/mol. The van der Waals surface area contributed by atoms with Gasteiger partial charge in [0.25, 0.3) is 0 Å². The number of nitrogens with zero attached hydrogens (tertiary/aromatic N) is 1. The van der Waals surface area contributed by atoms with Crippen LogP contribution in [0.5, 0.6) is 0 Å². The number of rotatable bonds is 6. The number of para-hydroxylation sites is 1. The topological polar surface area (TPSA) is 96.3 Å². The maximum Gasteiger partial charge on any atom is 0.323 e. The van der Waals surface area contributed by atoms with Gasteiger partial charge in [-0.05, 0) is 55.8 Å². The summed E-state index contributed by atoms with van der Waals surface area (Å²) in [5.41, 5.74) is 3.45. The zero-order chi connectivity index (χ0) is 22.5. The molecule has 0 saturated heterocycles. The van der Waals surface area contributed by atoms with Crippen molar-refractivity contribution in [3.05, 3.63) is 83.1 Å². The highest BCUT2D eigenvalue weighted by Crippen LogP contribution is 2.26. The van der Waals surface area contributed by atoms with Crippen LogP contribution >= 0.6 is 11.3 Å². The number of nitrogens with one attached hydrogen (secondary N) is 3. The van der Waals surface area contributed by atoms with Gasteiger partial charge in [-0.2, -0.15) is 0 Å². The van der Waals surface area contributed by atoms with Gasteiger partial charge in [0.15, 0.2) is 10.8 Å². The number of thiazole rings is 1. The molecule has 7 nitrogen and oxygen atoms in total. The smallest absolute Gasteiger partial charge is 0.323 e. The summed E-state index contributed by atoms with van der Waals surface area (Å²) in [5.74, 6) is 1.32. The van der Waals surface area contributed by atoms with Crippen LogP contribution in [0.2, 0.25) is 0 Å². The van der Waals surface area contributed by atoms with Crippen LogP contribution in [0.3, 0.4) is 0 Å². The molecule has 0 fully saturated rings. The zero-order valence-corrected chi connectivity index (χ0v) is 18.5. The Morgan fingerprint density at radius 2 is 1.72 bits per heavy atom. The largest absolute Gasteiger partial charge is 0.459 e. The van der Waals surface area contributed by atoms with E-state index in [1.54, 1.807) is 24.3 Å². The van der Waals surface area contributed by atoms with Gasteiger partial charge in [0.2, 0.25) is 5.91 Å². The van der Waals surface area contributed by atoms with E-state index in [1.807, 2.05) is 55.6 Å². The van der Waals surface area contributed by atoms with Crippen molar-refractivity contribution >= 4 is 40.3 Å². The second-order valence-electron chi connectivity index (χ2n) is 7.25. The number of furan rings is 1. The van der Waals surface area contributed by atoms with E-state index in [9.17, 15) is 9.59 Å². The summed E-state index contributed by atoms with van der Waals surface area (Å²) >= 11 is 1.44. The zero-order valence-electron chi connectivity index (χ0n) is 17.6. The van der Waals surface area contributed by atoms with Crippen LogP contribution < -0.4 is 16.0 Å². The van der Waals surface area contributed by atoms with Gasteiger partial charge >= 0.3 is 6.03 Å². The van der Waals surface area contributed by atoms with Gasteiger partial charge in [0, 0.05) is 22.4 Å². The first-order valence-corrected chi connectivity index (χ1v) is 10.9. The molecular formula is C24H22N4O3S. The minimum atomic E-state index is -0.361. The molecule has 0 unspecified atom stereocenters. The van der Waals surface area contributed by atoms with Crippen molar-refractivity contribution in [2.75, 3.05) is 16.0 Å². The number of hydrogen-bond acceptors (Lipinski definition) is 5. The quantitative estimate of drug-likeness (QED) is 0.346. The molecule has 4 aromatic rings. The highest BCUT2D eigenvalue weighted by atomic mass is 32.1. The molecule has 0 atom stereocenters. The SMILES string of the molecule is Cc1ccc(-c2nc(CC(=O)Nc3cc(NC(=O)Nc4ccccc4)ccc3C)cs2)o1. The van der Waals surface area contributed by atoms with E-state index < -0.39 is 0 Å². The predicted octanol–water partition coefficient (Wildman–Crippen LogP) is 5.85. The maximum atomic E-state index is 12.6. The van der Waals surface area contributed by atoms with Gasteiger partial charge in [-0.25, -0.2) is 9.78 Å². The van der Waals surface area contributed by atoms with Crippen molar-refractivity contribution in [1.29, 1.82) is 0 Å². The van der Waals surface area contributed by atoms with E-state index in [0.717, 1.165) is 16.3 Å². The third-order valence-electron chi connectivity index (χ3n) is 4.65. The fourth-order valence-electron chi connectivity index (χ4n) is 3.06. The molecule has 0 spiro atoms. The second-order valence-corrected chi connectivity index (χ2v) is 8.11. The number of aromatic nitrogens is 1. The molecule has 0 aliphatic carbocycles. The van der Waals surface area contributed by atoms with Crippen molar-refractivity contribution < 1.29 is 14.0 Å². The van der Waals surface area contributed by atoms with E-state index in [1.165, 1.54) is 11.3 Å². The van der Waals surface area contributed by atoms with E-state index in [0.29, 0.717) is 28.5 Å². The first-order chi connectivity index (χ1) is 15.5. The molecule has 0 bridgehead atoms. The molecule has 8 heteroatoms. The minimum Gasteiger partial charge on any atom is -0.459 e.